The van der Waals surface area contributed by atoms with Crippen LogP contribution in [0.1, 0.15) is 63.5 Å². The number of aromatic nitrogens is 2. The molecule has 0 saturated carbocycles. The molecule has 28 heavy (non-hydrogen) atoms. The van der Waals surface area contributed by atoms with E-state index in [1.165, 1.54) is 0 Å². The van der Waals surface area contributed by atoms with E-state index in [2.05, 4.69) is 15.5 Å². The molecule has 3 heterocycles. The quantitative estimate of drug-likeness (QED) is 0.846. The van der Waals surface area contributed by atoms with Crippen molar-refractivity contribution in [1.82, 2.24) is 15.0 Å². The number of hydrogen-bond acceptors (Lipinski definition) is 5. The third-order valence-corrected chi connectivity index (χ3v) is 5.68. The zero-order chi connectivity index (χ0) is 19.8. The van der Waals surface area contributed by atoms with E-state index in [-0.39, 0.29) is 23.5 Å². The number of aryl methyl sites for hydroxylation is 2. The van der Waals surface area contributed by atoms with Gasteiger partial charge in [-0.2, -0.15) is 0 Å². The first-order chi connectivity index (χ1) is 13.4. The predicted octanol–water partition coefficient (Wildman–Crippen LogP) is 2.63. The minimum Gasteiger partial charge on any atom is -0.360 e. The Morgan fingerprint density at radius 3 is 2.64 bits per heavy atom. The number of ketones is 1. The smallest absolute Gasteiger partial charge is 0.270 e. The molecular weight excluding hydrogens is 360 g/mol. The molecule has 148 valence electrons. The van der Waals surface area contributed by atoms with Crippen molar-refractivity contribution in [3.05, 3.63) is 34.3 Å². The summed E-state index contributed by atoms with van der Waals surface area (Å²) in [5.74, 6) is 0.813. The molecule has 2 aliphatic rings. The van der Waals surface area contributed by atoms with Crippen LogP contribution in [0.2, 0.25) is 0 Å². The monoisotopic (exact) mass is 384 g/mol. The lowest BCUT2D eigenvalue weighted by Crippen LogP contribution is -2.41. The van der Waals surface area contributed by atoms with Gasteiger partial charge in [-0.3, -0.25) is 14.4 Å². The van der Waals surface area contributed by atoms with Gasteiger partial charge in [0.15, 0.2) is 11.6 Å². The maximum absolute atomic E-state index is 13.0. The second-order valence-corrected chi connectivity index (χ2v) is 7.63. The number of likely N-dealkylation sites (tertiary alicyclic amines) is 1. The van der Waals surface area contributed by atoms with E-state index in [4.69, 9.17) is 4.52 Å². The van der Waals surface area contributed by atoms with Crippen LogP contribution in [0.5, 0.6) is 0 Å². The second-order valence-electron chi connectivity index (χ2n) is 7.63. The minimum absolute atomic E-state index is 0.0920. The molecule has 8 heteroatoms. The van der Waals surface area contributed by atoms with Gasteiger partial charge >= 0.3 is 0 Å². The lowest BCUT2D eigenvalue weighted by atomic mass is 9.93. The molecule has 1 aliphatic heterocycles. The maximum Gasteiger partial charge on any atom is 0.270 e. The van der Waals surface area contributed by atoms with Gasteiger partial charge in [-0.1, -0.05) is 5.16 Å². The first-order valence-electron chi connectivity index (χ1n) is 9.72. The van der Waals surface area contributed by atoms with Crippen LogP contribution in [0, 0.1) is 19.8 Å². The summed E-state index contributed by atoms with van der Waals surface area (Å²) >= 11 is 0. The molecule has 2 aromatic rings. The molecule has 8 nitrogen and oxygen atoms in total. The van der Waals surface area contributed by atoms with Crippen LogP contribution in [-0.4, -0.2) is 45.7 Å². The standard InChI is InChI=1S/C20H24N4O4/c1-11-10-16(23-28-11)22-19(26)13-6-8-24(9-7-13)20(27)18-12(2)17-14(21-18)4-3-5-15(17)25/h10,13,21H,3-9H2,1-2H3,(H,22,23,26). The van der Waals surface area contributed by atoms with Gasteiger partial charge in [-0.15, -0.1) is 0 Å². The number of nitrogens with one attached hydrogen (secondary N) is 2. The molecule has 4 rings (SSSR count). The van der Waals surface area contributed by atoms with Crippen molar-refractivity contribution >= 4 is 23.4 Å². The third kappa shape index (κ3) is 3.34. The van der Waals surface area contributed by atoms with E-state index >= 15 is 0 Å². The van der Waals surface area contributed by atoms with Gasteiger partial charge in [0.1, 0.15) is 11.5 Å². The summed E-state index contributed by atoms with van der Waals surface area (Å²) in [4.78, 5) is 42.5. The average Bonchev–Trinajstić information content (AvgIpc) is 3.25. The minimum atomic E-state index is -0.166. The zero-order valence-electron chi connectivity index (χ0n) is 16.1. The predicted molar refractivity (Wildman–Crippen MR) is 101 cm³/mol. The van der Waals surface area contributed by atoms with Crippen molar-refractivity contribution < 1.29 is 18.9 Å². The summed E-state index contributed by atoms with van der Waals surface area (Å²) < 4.78 is 4.96. The lowest BCUT2D eigenvalue weighted by molar-refractivity contribution is -0.121. The molecule has 0 spiro atoms. The van der Waals surface area contributed by atoms with Crippen LogP contribution >= 0.6 is 0 Å². The van der Waals surface area contributed by atoms with Gasteiger partial charge in [0.05, 0.1) is 0 Å². The largest absolute Gasteiger partial charge is 0.360 e. The summed E-state index contributed by atoms with van der Waals surface area (Å²) in [6.07, 6.45) is 3.36. The number of aromatic amines is 1. The Balaban J connectivity index is 1.39. The number of Topliss-reactive ketones (excluding diaryl/α,β-unsaturated/α-hetero) is 1. The van der Waals surface area contributed by atoms with Gasteiger partial charge in [0.25, 0.3) is 5.91 Å². The molecule has 2 N–H and O–H groups in total. The highest BCUT2D eigenvalue weighted by atomic mass is 16.5. The van der Waals surface area contributed by atoms with Crippen LogP contribution in [0.4, 0.5) is 5.82 Å². The molecule has 0 bridgehead atoms. The zero-order valence-corrected chi connectivity index (χ0v) is 16.1. The van der Waals surface area contributed by atoms with Crippen molar-refractivity contribution in [2.75, 3.05) is 18.4 Å². The molecule has 0 aromatic carbocycles. The summed E-state index contributed by atoms with van der Waals surface area (Å²) in [6, 6.07) is 1.67. The SMILES string of the molecule is Cc1cc(NC(=O)C2CCN(C(=O)c3[nH]c4c(c3C)C(=O)CCC4)CC2)no1. The van der Waals surface area contributed by atoms with Gasteiger partial charge in [-0.25, -0.2) is 0 Å². The van der Waals surface area contributed by atoms with Crippen molar-refractivity contribution in [1.29, 1.82) is 0 Å². The number of fused-ring (bicyclic) bond motifs is 1. The fourth-order valence-electron chi connectivity index (χ4n) is 4.14. The summed E-state index contributed by atoms with van der Waals surface area (Å²) in [7, 11) is 0. The highest BCUT2D eigenvalue weighted by Gasteiger charge is 2.32. The van der Waals surface area contributed by atoms with E-state index in [0.29, 0.717) is 55.2 Å². The number of rotatable bonds is 3. The number of anilines is 1. The number of amides is 2. The van der Waals surface area contributed by atoms with Crippen LogP contribution in [-0.2, 0) is 11.2 Å². The van der Waals surface area contributed by atoms with Gasteiger partial charge in [0.2, 0.25) is 5.91 Å². The average molecular weight is 384 g/mol. The first-order valence-corrected chi connectivity index (χ1v) is 9.72. The second kappa shape index (κ2) is 7.26. The number of carbonyl (C=O) groups is 3. The third-order valence-electron chi connectivity index (χ3n) is 5.68. The maximum atomic E-state index is 13.0. The van der Waals surface area contributed by atoms with Gasteiger partial charge < -0.3 is 19.7 Å². The number of H-pyrrole nitrogens is 1. The van der Waals surface area contributed by atoms with Crippen molar-refractivity contribution in [3.8, 4) is 0 Å². The number of nitrogens with zero attached hydrogens (tertiary/aromatic N) is 2. The van der Waals surface area contributed by atoms with Gasteiger partial charge in [0, 0.05) is 42.8 Å². The Hall–Kier alpha value is -2.90. The Morgan fingerprint density at radius 1 is 1.25 bits per heavy atom. The molecule has 0 atom stereocenters. The Bertz CT molecular complexity index is 934. The molecule has 1 aliphatic carbocycles. The fraction of sp³-hybridized carbons (Fsp3) is 0.500. The van der Waals surface area contributed by atoms with Crippen molar-refractivity contribution in [2.45, 2.75) is 46.0 Å². The molecular formula is C20H24N4O4. The van der Waals surface area contributed by atoms with Crippen LogP contribution in [0.15, 0.2) is 10.6 Å². The van der Waals surface area contributed by atoms with E-state index in [0.717, 1.165) is 24.1 Å². The van der Waals surface area contributed by atoms with Crippen molar-refractivity contribution in [3.63, 3.8) is 0 Å². The van der Waals surface area contributed by atoms with E-state index in [1.54, 1.807) is 17.9 Å². The molecule has 0 unspecified atom stereocenters. The van der Waals surface area contributed by atoms with Crippen LogP contribution in [0.3, 0.4) is 0 Å². The van der Waals surface area contributed by atoms with E-state index < -0.39 is 0 Å². The Labute approximate surface area is 162 Å². The Kier molecular flexibility index (Phi) is 4.78. The summed E-state index contributed by atoms with van der Waals surface area (Å²) in [5.41, 5.74) is 2.85. The molecule has 2 aromatic heterocycles. The lowest BCUT2D eigenvalue weighted by Gasteiger charge is -2.31. The highest BCUT2D eigenvalue weighted by molar-refractivity contribution is 6.04. The summed E-state index contributed by atoms with van der Waals surface area (Å²) in [6.45, 7) is 4.62. The number of hydrogen-bond donors (Lipinski definition) is 2. The summed E-state index contributed by atoms with van der Waals surface area (Å²) in [5, 5.41) is 6.54. The number of carbonyl (C=O) groups excluding carboxylic acids is 3. The Morgan fingerprint density at radius 2 is 2.00 bits per heavy atom. The fourth-order valence-corrected chi connectivity index (χ4v) is 4.14. The highest BCUT2D eigenvalue weighted by Crippen LogP contribution is 2.28. The number of piperidine rings is 1. The van der Waals surface area contributed by atoms with Crippen LogP contribution in [0.25, 0.3) is 0 Å². The van der Waals surface area contributed by atoms with E-state index in [9.17, 15) is 14.4 Å². The molecule has 1 fully saturated rings. The normalized spacial score (nSPS) is 17.5. The van der Waals surface area contributed by atoms with Gasteiger partial charge in [-0.05, 0) is 45.1 Å². The van der Waals surface area contributed by atoms with Crippen molar-refractivity contribution in [2.24, 2.45) is 5.92 Å². The first kappa shape index (κ1) is 18.5. The van der Waals surface area contributed by atoms with Crippen LogP contribution < -0.4 is 5.32 Å². The molecule has 0 radical (unpaired) electrons. The topological polar surface area (TPSA) is 108 Å². The van der Waals surface area contributed by atoms with E-state index in [1.807, 2.05) is 6.92 Å². The molecule has 2 amide bonds. The molecule has 1 saturated heterocycles.